The Hall–Kier alpha value is -2.01. The highest BCUT2D eigenvalue weighted by molar-refractivity contribution is 6.31. The molecule has 0 aliphatic carbocycles. The summed E-state index contributed by atoms with van der Waals surface area (Å²) >= 11 is 5.75. The average Bonchev–Trinajstić information content (AvgIpc) is 2.46. The topological polar surface area (TPSA) is 20.3 Å². The highest BCUT2D eigenvalue weighted by Crippen LogP contribution is 2.22. The molecule has 0 unspecified atom stereocenters. The van der Waals surface area contributed by atoms with Crippen LogP contribution in [0.4, 0.5) is 18.9 Å². The van der Waals surface area contributed by atoms with Crippen LogP contribution < -0.4 is 4.90 Å². The second-order valence-electron chi connectivity index (χ2n) is 4.27. The van der Waals surface area contributed by atoms with Crippen LogP contribution >= 0.6 is 11.6 Å². The molecule has 110 valence electrons. The molecule has 21 heavy (non-hydrogen) atoms. The third-order valence-electron chi connectivity index (χ3n) is 2.94. The first-order valence-electron chi connectivity index (χ1n) is 6.16. The number of carbonyl (C=O) groups excluding carboxylic acids is 1. The lowest BCUT2D eigenvalue weighted by Gasteiger charge is -2.21. The fraction of sp³-hybridized carbons (Fsp3) is 0.133. The maximum absolute atomic E-state index is 13.7. The molecule has 2 rings (SSSR count). The highest BCUT2D eigenvalue weighted by atomic mass is 35.5. The normalized spacial score (nSPS) is 10.5. The van der Waals surface area contributed by atoms with Crippen molar-refractivity contribution in [2.24, 2.45) is 0 Å². The van der Waals surface area contributed by atoms with E-state index in [0.29, 0.717) is 0 Å². The summed E-state index contributed by atoms with van der Waals surface area (Å²) in [5.41, 5.74) is -0.0881. The van der Waals surface area contributed by atoms with E-state index in [9.17, 15) is 18.0 Å². The largest absolute Gasteiger partial charge is 0.308 e. The van der Waals surface area contributed by atoms with Crippen molar-refractivity contribution in [1.82, 2.24) is 0 Å². The molecule has 0 fully saturated rings. The standard InChI is InChI=1S/C15H11ClF3NO/c1-2-20(10-4-6-13(18)14(19)8-10)15(21)11-7-9(16)3-5-12(11)17/h3-8H,2H2,1H3. The fourth-order valence-corrected chi connectivity index (χ4v) is 2.08. The Morgan fingerprint density at radius 2 is 1.71 bits per heavy atom. The van der Waals surface area contributed by atoms with Crippen molar-refractivity contribution in [2.75, 3.05) is 11.4 Å². The second-order valence-corrected chi connectivity index (χ2v) is 4.71. The van der Waals surface area contributed by atoms with E-state index in [4.69, 9.17) is 11.6 Å². The smallest absolute Gasteiger partial charge is 0.261 e. The van der Waals surface area contributed by atoms with E-state index in [0.717, 1.165) is 23.1 Å². The first kappa shape index (κ1) is 15.4. The monoisotopic (exact) mass is 313 g/mol. The number of anilines is 1. The Morgan fingerprint density at radius 3 is 2.33 bits per heavy atom. The van der Waals surface area contributed by atoms with E-state index in [1.807, 2.05) is 0 Å². The summed E-state index contributed by atoms with van der Waals surface area (Å²) < 4.78 is 40.0. The first-order chi connectivity index (χ1) is 9.93. The molecule has 0 aromatic heterocycles. The van der Waals surface area contributed by atoms with Crippen LogP contribution in [0.15, 0.2) is 36.4 Å². The van der Waals surface area contributed by atoms with Gasteiger partial charge in [-0.15, -0.1) is 0 Å². The van der Waals surface area contributed by atoms with Crippen LogP contribution in [0, 0.1) is 17.5 Å². The van der Waals surface area contributed by atoms with Gasteiger partial charge in [0.15, 0.2) is 11.6 Å². The Morgan fingerprint density at radius 1 is 1.05 bits per heavy atom. The van der Waals surface area contributed by atoms with E-state index in [2.05, 4.69) is 0 Å². The summed E-state index contributed by atoms with van der Waals surface area (Å²) in [6.45, 7) is 1.80. The predicted molar refractivity (Wildman–Crippen MR) is 75.1 cm³/mol. The molecule has 0 spiro atoms. The number of amides is 1. The third kappa shape index (κ3) is 3.19. The fourth-order valence-electron chi connectivity index (χ4n) is 1.90. The zero-order valence-electron chi connectivity index (χ0n) is 11.0. The zero-order valence-corrected chi connectivity index (χ0v) is 11.8. The van der Waals surface area contributed by atoms with Gasteiger partial charge in [0.25, 0.3) is 5.91 Å². The van der Waals surface area contributed by atoms with Crippen molar-refractivity contribution in [1.29, 1.82) is 0 Å². The number of benzene rings is 2. The van der Waals surface area contributed by atoms with Crippen LogP contribution in [0.1, 0.15) is 17.3 Å². The van der Waals surface area contributed by atoms with Gasteiger partial charge in [-0.05, 0) is 37.3 Å². The summed E-state index contributed by atoms with van der Waals surface area (Å²) in [6.07, 6.45) is 0. The van der Waals surface area contributed by atoms with Crippen molar-refractivity contribution < 1.29 is 18.0 Å². The number of nitrogens with zero attached hydrogens (tertiary/aromatic N) is 1. The first-order valence-corrected chi connectivity index (χ1v) is 6.53. The minimum Gasteiger partial charge on any atom is -0.308 e. The third-order valence-corrected chi connectivity index (χ3v) is 3.17. The summed E-state index contributed by atoms with van der Waals surface area (Å²) in [5, 5.41) is 0.209. The molecule has 0 saturated heterocycles. The molecule has 0 N–H and O–H groups in total. The average molecular weight is 314 g/mol. The molecule has 2 aromatic rings. The van der Waals surface area contributed by atoms with Crippen molar-refractivity contribution >= 4 is 23.2 Å². The molecule has 0 radical (unpaired) electrons. The van der Waals surface area contributed by atoms with Gasteiger partial charge >= 0.3 is 0 Å². The molecule has 2 aromatic carbocycles. The van der Waals surface area contributed by atoms with Gasteiger partial charge in [-0.1, -0.05) is 11.6 Å². The van der Waals surface area contributed by atoms with E-state index in [-0.39, 0.29) is 22.8 Å². The summed E-state index contributed by atoms with van der Waals surface area (Å²) in [4.78, 5) is 13.5. The number of hydrogen-bond acceptors (Lipinski definition) is 1. The van der Waals surface area contributed by atoms with Crippen LogP contribution in [0.5, 0.6) is 0 Å². The quantitative estimate of drug-likeness (QED) is 0.821. The number of rotatable bonds is 3. The van der Waals surface area contributed by atoms with Gasteiger partial charge in [0.1, 0.15) is 5.82 Å². The summed E-state index contributed by atoms with van der Waals surface area (Å²) in [6, 6.07) is 6.65. The van der Waals surface area contributed by atoms with E-state index >= 15 is 0 Å². The van der Waals surface area contributed by atoms with Gasteiger partial charge in [-0.2, -0.15) is 0 Å². The van der Waals surface area contributed by atoms with Crippen LogP contribution in [0.2, 0.25) is 5.02 Å². The molecule has 0 saturated carbocycles. The minimum absolute atomic E-state index is 0.140. The Kier molecular flexibility index (Phi) is 4.53. The van der Waals surface area contributed by atoms with E-state index in [1.165, 1.54) is 18.2 Å². The summed E-state index contributed by atoms with van der Waals surface area (Å²) in [7, 11) is 0. The van der Waals surface area contributed by atoms with Crippen LogP contribution in [-0.4, -0.2) is 12.5 Å². The van der Waals surface area contributed by atoms with Gasteiger partial charge in [0.2, 0.25) is 0 Å². The van der Waals surface area contributed by atoms with Gasteiger partial charge < -0.3 is 4.90 Å². The van der Waals surface area contributed by atoms with E-state index in [1.54, 1.807) is 6.92 Å². The molecule has 0 bridgehead atoms. The maximum atomic E-state index is 13.7. The Labute approximate surface area is 124 Å². The van der Waals surface area contributed by atoms with Crippen LogP contribution in [-0.2, 0) is 0 Å². The molecule has 0 atom stereocenters. The predicted octanol–water partition coefficient (Wildman–Crippen LogP) is 4.42. The lowest BCUT2D eigenvalue weighted by atomic mass is 10.1. The minimum atomic E-state index is -1.08. The Bertz CT molecular complexity index is 691. The lowest BCUT2D eigenvalue weighted by Crippen LogP contribution is -2.31. The van der Waals surface area contributed by atoms with Gasteiger partial charge in [-0.3, -0.25) is 4.79 Å². The van der Waals surface area contributed by atoms with Crippen molar-refractivity contribution in [3.05, 3.63) is 64.4 Å². The number of hydrogen-bond donors (Lipinski definition) is 0. The van der Waals surface area contributed by atoms with Gasteiger partial charge in [0, 0.05) is 23.3 Å². The number of halogens is 4. The maximum Gasteiger partial charge on any atom is 0.261 e. The molecule has 0 heterocycles. The Balaban J connectivity index is 2.43. The van der Waals surface area contributed by atoms with Crippen LogP contribution in [0.25, 0.3) is 0 Å². The molecule has 0 aliphatic heterocycles. The lowest BCUT2D eigenvalue weighted by molar-refractivity contribution is 0.0984. The van der Waals surface area contributed by atoms with Crippen molar-refractivity contribution in [3.8, 4) is 0 Å². The zero-order chi connectivity index (χ0) is 15.6. The van der Waals surface area contributed by atoms with E-state index < -0.39 is 23.4 Å². The van der Waals surface area contributed by atoms with Crippen molar-refractivity contribution in [3.63, 3.8) is 0 Å². The second kappa shape index (κ2) is 6.18. The molecule has 6 heteroatoms. The van der Waals surface area contributed by atoms with Crippen LogP contribution in [0.3, 0.4) is 0 Å². The van der Waals surface area contributed by atoms with Gasteiger partial charge in [0.05, 0.1) is 5.56 Å². The molecule has 1 amide bonds. The molecular formula is C15H11ClF3NO. The molecule has 2 nitrogen and oxygen atoms in total. The number of carbonyl (C=O) groups is 1. The SMILES string of the molecule is CCN(C(=O)c1cc(Cl)ccc1F)c1ccc(F)c(F)c1. The highest BCUT2D eigenvalue weighted by Gasteiger charge is 2.21. The molecule has 0 aliphatic rings. The van der Waals surface area contributed by atoms with Gasteiger partial charge in [-0.25, -0.2) is 13.2 Å². The molecular weight excluding hydrogens is 303 g/mol. The summed E-state index contributed by atoms with van der Waals surface area (Å²) in [5.74, 6) is -3.50. The van der Waals surface area contributed by atoms with Crippen molar-refractivity contribution in [2.45, 2.75) is 6.92 Å².